The summed E-state index contributed by atoms with van der Waals surface area (Å²) in [4.78, 5) is 14.8. The molecule has 2 rings (SSSR count). The number of alkyl carbamates (subject to hydrolysis) is 1. The first-order valence-electron chi connectivity index (χ1n) is 9.77. The highest BCUT2D eigenvalue weighted by molar-refractivity contribution is 5.67. The normalized spacial score (nSPS) is 23.2. The molecule has 0 heterocycles. The van der Waals surface area contributed by atoms with Crippen LogP contribution in [0.4, 0.5) is 4.79 Å². The molecule has 1 fully saturated rings. The molecule has 3 atom stereocenters. The van der Waals surface area contributed by atoms with Gasteiger partial charge in [-0.25, -0.2) is 4.79 Å². The molecular weight excluding hydrogens is 328 g/mol. The summed E-state index contributed by atoms with van der Waals surface area (Å²) in [6.45, 7) is 8.74. The zero-order valence-electron chi connectivity index (χ0n) is 16.6. The van der Waals surface area contributed by atoms with Crippen LogP contribution in [0.2, 0.25) is 0 Å². The highest BCUT2D eigenvalue weighted by Gasteiger charge is 2.34. The van der Waals surface area contributed by atoms with Gasteiger partial charge in [0.05, 0.1) is 6.61 Å². The predicted octanol–water partition coefficient (Wildman–Crippen LogP) is 3.83. The lowest BCUT2D eigenvalue weighted by Crippen LogP contribution is -2.51. The molecule has 1 aromatic carbocycles. The first-order chi connectivity index (χ1) is 12.5. The van der Waals surface area contributed by atoms with Crippen LogP contribution in [0.5, 0.6) is 0 Å². The van der Waals surface area contributed by atoms with Crippen molar-refractivity contribution in [3.63, 3.8) is 0 Å². The summed E-state index contributed by atoms with van der Waals surface area (Å²) in [6, 6.07) is 11.0. The number of nitrogens with zero attached hydrogens (tertiary/aromatic N) is 1. The zero-order chi connectivity index (χ0) is 18.9. The van der Waals surface area contributed by atoms with Crippen molar-refractivity contribution in [3.05, 3.63) is 35.9 Å². The maximum Gasteiger partial charge on any atom is 0.407 e. The summed E-state index contributed by atoms with van der Waals surface area (Å²) in [5.74, 6) is 0.316. The molecule has 1 aromatic rings. The van der Waals surface area contributed by atoms with Gasteiger partial charge < -0.3 is 14.8 Å². The van der Waals surface area contributed by atoms with E-state index in [1.807, 2.05) is 30.3 Å². The molecule has 26 heavy (non-hydrogen) atoms. The molecule has 1 N–H and O–H groups in total. The van der Waals surface area contributed by atoms with Gasteiger partial charge in [0, 0.05) is 31.2 Å². The quantitative estimate of drug-likeness (QED) is 0.764. The Kier molecular flexibility index (Phi) is 8.39. The summed E-state index contributed by atoms with van der Waals surface area (Å²) in [6.07, 6.45) is 2.76. The van der Waals surface area contributed by atoms with Crippen LogP contribution in [0.15, 0.2) is 30.3 Å². The van der Waals surface area contributed by atoms with Gasteiger partial charge in [0.1, 0.15) is 6.61 Å². The number of ether oxygens (including phenoxy) is 2. The maximum atomic E-state index is 12.2. The first-order valence-corrected chi connectivity index (χ1v) is 9.77. The second-order valence-electron chi connectivity index (χ2n) is 7.42. The molecule has 1 aliphatic rings. The number of hydrogen-bond acceptors (Lipinski definition) is 4. The Morgan fingerprint density at radius 1 is 1.27 bits per heavy atom. The number of nitrogens with one attached hydrogen (secondary N) is 1. The molecular formula is C21H34N2O3. The molecule has 1 aliphatic carbocycles. The number of rotatable bonds is 8. The minimum absolute atomic E-state index is 0.111. The predicted molar refractivity (Wildman–Crippen MR) is 104 cm³/mol. The average molecular weight is 363 g/mol. The van der Waals surface area contributed by atoms with Gasteiger partial charge >= 0.3 is 6.09 Å². The van der Waals surface area contributed by atoms with Crippen molar-refractivity contribution >= 4 is 6.09 Å². The monoisotopic (exact) mass is 362 g/mol. The minimum atomic E-state index is -0.338. The first kappa shape index (κ1) is 20.7. The van der Waals surface area contributed by atoms with Gasteiger partial charge in [0.15, 0.2) is 0 Å². The third kappa shape index (κ3) is 5.99. The molecule has 146 valence electrons. The summed E-state index contributed by atoms with van der Waals surface area (Å²) < 4.78 is 10.8. The number of amides is 1. The molecule has 0 radical (unpaired) electrons. The molecule has 1 amide bonds. The van der Waals surface area contributed by atoms with Gasteiger partial charge in [-0.1, -0.05) is 37.3 Å². The van der Waals surface area contributed by atoms with E-state index in [0.29, 0.717) is 31.2 Å². The van der Waals surface area contributed by atoms with Crippen LogP contribution in [0.25, 0.3) is 0 Å². The van der Waals surface area contributed by atoms with Crippen molar-refractivity contribution in [1.29, 1.82) is 0 Å². The van der Waals surface area contributed by atoms with Gasteiger partial charge in [0.2, 0.25) is 0 Å². The molecule has 0 bridgehead atoms. The topological polar surface area (TPSA) is 50.8 Å². The van der Waals surface area contributed by atoms with Crippen LogP contribution in [0.1, 0.15) is 45.6 Å². The Morgan fingerprint density at radius 2 is 2.00 bits per heavy atom. The Balaban J connectivity index is 1.88. The van der Waals surface area contributed by atoms with Crippen molar-refractivity contribution in [1.82, 2.24) is 10.2 Å². The number of carbonyl (C=O) groups excluding carboxylic acids is 1. The van der Waals surface area contributed by atoms with E-state index in [4.69, 9.17) is 9.47 Å². The van der Waals surface area contributed by atoms with Gasteiger partial charge in [-0.2, -0.15) is 0 Å². The Morgan fingerprint density at radius 3 is 2.62 bits per heavy atom. The van der Waals surface area contributed by atoms with Gasteiger partial charge in [0.25, 0.3) is 0 Å². The number of benzene rings is 1. The lowest BCUT2D eigenvalue weighted by Gasteiger charge is -2.42. The van der Waals surface area contributed by atoms with Crippen LogP contribution >= 0.6 is 0 Å². The largest absolute Gasteiger partial charge is 0.445 e. The summed E-state index contributed by atoms with van der Waals surface area (Å²) in [5, 5.41) is 3.07. The maximum absolute atomic E-state index is 12.2. The standard InChI is InChI=1S/C21H34N2O3/c1-5-23(16(2)3)19-11-12-20(18(13-19)15-25-4)22-21(24)26-14-17-9-7-6-8-10-17/h6-10,16,18-20H,5,11-15H2,1-4H3,(H,22,24)/t18-,19+,20-/m0/s1. The molecule has 0 aromatic heterocycles. The smallest absolute Gasteiger partial charge is 0.407 e. The molecule has 5 heteroatoms. The van der Waals surface area contributed by atoms with Crippen LogP contribution in [-0.2, 0) is 16.1 Å². The highest BCUT2D eigenvalue weighted by Crippen LogP contribution is 2.29. The van der Waals surface area contributed by atoms with E-state index in [1.54, 1.807) is 7.11 Å². The van der Waals surface area contributed by atoms with E-state index in [0.717, 1.165) is 31.4 Å². The van der Waals surface area contributed by atoms with Crippen molar-refractivity contribution in [3.8, 4) is 0 Å². The Hall–Kier alpha value is -1.59. The molecule has 0 spiro atoms. The second kappa shape index (κ2) is 10.5. The summed E-state index contributed by atoms with van der Waals surface area (Å²) in [7, 11) is 1.73. The van der Waals surface area contributed by atoms with E-state index in [9.17, 15) is 4.79 Å². The minimum Gasteiger partial charge on any atom is -0.445 e. The third-order valence-electron chi connectivity index (χ3n) is 5.35. The second-order valence-corrected chi connectivity index (χ2v) is 7.42. The summed E-state index contributed by atoms with van der Waals surface area (Å²) in [5.41, 5.74) is 0.996. The lowest BCUT2D eigenvalue weighted by molar-refractivity contribution is 0.0463. The van der Waals surface area contributed by atoms with Gasteiger partial charge in [-0.3, -0.25) is 4.90 Å². The number of carbonyl (C=O) groups is 1. The van der Waals surface area contributed by atoms with Gasteiger partial charge in [-0.15, -0.1) is 0 Å². The fourth-order valence-corrected chi connectivity index (χ4v) is 4.09. The van der Waals surface area contributed by atoms with Gasteiger partial charge in [-0.05, 0) is 45.2 Å². The third-order valence-corrected chi connectivity index (χ3v) is 5.35. The lowest BCUT2D eigenvalue weighted by atomic mass is 9.81. The fourth-order valence-electron chi connectivity index (χ4n) is 4.09. The van der Waals surface area contributed by atoms with E-state index >= 15 is 0 Å². The zero-order valence-corrected chi connectivity index (χ0v) is 16.6. The van der Waals surface area contributed by atoms with Crippen molar-refractivity contribution in [2.45, 2.75) is 64.8 Å². The molecule has 0 unspecified atom stereocenters. The van der Waals surface area contributed by atoms with Crippen LogP contribution in [0, 0.1) is 5.92 Å². The van der Waals surface area contributed by atoms with Crippen LogP contribution < -0.4 is 5.32 Å². The van der Waals surface area contributed by atoms with Crippen LogP contribution in [-0.4, -0.2) is 49.4 Å². The van der Waals surface area contributed by atoms with E-state index in [1.165, 1.54) is 0 Å². The van der Waals surface area contributed by atoms with Crippen LogP contribution in [0.3, 0.4) is 0 Å². The van der Waals surface area contributed by atoms with E-state index in [2.05, 4.69) is 31.0 Å². The van der Waals surface area contributed by atoms with E-state index < -0.39 is 0 Å². The van der Waals surface area contributed by atoms with Crippen molar-refractivity contribution < 1.29 is 14.3 Å². The fraction of sp³-hybridized carbons (Fsp3) is 0.667. The summed E-state index contributed by atoms with van der Waals surface area (Å²) >= 11 is 0. The average Bonchev–Trinajstić information content (AvgIpc) is 2.63. The molecule has 0 saturated heterocycles. The van der Waals surface area contributed by atoms with E-state index in [-0.39, 0.29) is 12.1 Å². The molecule has 5 nitrogen and oxygen atoms in total. The van der Waals surface area contributed by atoms with Crippen molar-refractivity contribution in [2.24, 2.45) is 5.92 Å². The molecule has 1 saturated carbocycles. The SMILES string of the molecule is CCN(C(C)C)[C@@H]1CC[C@H](NC(=O)OCc2ccccc2)[C@H](COC)C1. The number of methoxy groups -OCH3 is 1. The number of hydrogen-bond donors (Lipinski definition) is 1. The molecule has 0 aliphatic heterocycles. The highest BCUT2D eigenvalue weighted by atomic mass is 16.5. The van der Waals surface area contributed by atoms with Crippen molar-refractivity contribution in [2.75, 3.05) is 20.3 Å². The Bertz CT molecular complexity index is 535. The Labute approximate surface area is 158 Å².